The molecule has 2 rings (SSSR count). The molecular formula is C12H22N4O3. The fourth-order valence-corrected chi connectivity index (χ4v) is 2.27. The first kappa shape index (κ1) is 14.1. The zero-order valence-electron chi connectivity index (χ0n) is 11.0. The van der Waals surface area contributed by atoms with Gasteiger partial charge in [0.1, 0.15) is 6.04 Å². The third kappa shape index (κ3) is 4.68. The van der Waals surface area contributed by atoms with Gasteiger partial charge in [0.05, 0.1) is 0 Å². The monoisotopic (exact) mass is 270 g/mol. The number of carbonyl (C=O) groups is 2. The lowest BCUT2D eigenvalue weighted by Gasteiger charge is -2.27. The number of amides is 2. The largest absolute Gasteiger partial charge is 0.480 e. The molecule has 0 aromatic rings. The Morgan fingerprint density at radius 1 is 1.32 bits per heavy atom. The molecule has 7 heteroatoms. The van der Waals surface area contributed by atoms with Gasteiger partial charge in [0, 0.05) is 39.3 Å². The van der Waals surface area contributed by atoms with Crippen LogP contribution in [0.5, 0.6) is 0 Å². The minimum absolute atomic E-state index is 0.108. The highest BCUT2D eigenvalue weighted by atomic mass is 16.4. The van der Waals surface area contributed by atoms with E-state index in [-0.39, 0.29) is 11.9 Å². The molecular weight excluding hydrogens is 248 g/mol. The maximum absolute atomic E-state index is 11.6. The second kappa shape index (κ2) is 6.72. The Morgan fingerprint density at radius 3 is 2.58 bits per heavy atom. The van der Waals surface area contributed by atoms with Crippen molar-refractivity contribution in [2.24, 2.45) is 5.92 Å². The second-order valence-electron chi connectivity index (χ2n) is 5.15. The molecule has 0 aromatic heterocycles. The van der Waals surface area contributed by atoms with E-state index in [2.05, 4.69) is 20.9 Å². The highest BCUT2D eigenvalue weighted by Gasteiger charge is 2.37. The van der Waals surface area contributed by atoms with Gasteiger partial charge in [-0.25, -0.2) is 9.59 Å². The highest BCUT2D eigenvalue weighted by Crippen LogP contribution is 2.32. The van der Waals surface area contributed by atoms with Crippen LogP contribution in [0.4, 0.5) is 4.79 Å². The molecule has 108 valence electrons. The van der Waals surface area contributed by atoms with Crippen molar-refractivity contribution < 1.29 is 14.7 Å². The molecule has 1 saturated carbocycles. The topological polar surface area (TPSA) is 93.7 Å². The van der Waals surface area contributed by atoms with Crippen LogP contribution in [0.3, 0.4) is 0 Å². The number of carboxylic acid groups (broad SMARTS) is 1. The molecule has 2 amide bonds. The average molecular weight is 270 g/mol. The number of rotatable bonds is 6. The fraction of sp³-hybridized carbons (Fsp3) is 0.833. The Kier molecular flexibility index (Phi) is 4.98. The van der Waals surface area contributed by atoms with Gasteiger partial charge in [-0.1, -0.05) is 0 Å². The number of aliphatic carboxylic acids is 1. The Balaban J connectivity index is 1.62. The van der Waals surface area contributed by atoms with Crippen LogP contribution in [0.25, 0.3) is 0 Å². The molecule has 1 aliphatic heterocycles. The van der Waals surface area contributed by atoms with Gasteiger partial charge >= 0.3 is 12.0 Å². The second-order valence-corrected chi connectivity index (χ2v) is 5.15. The van der Waals surface area contributed by atoms with Gasteiger partial charge in [-0.3, -0.25) is 4.90 Å². The van der Waals surface area contributed by atoms with Gasteiger partial charge in [0.2, 0.25) is 0 Å². The molecule has 1 heterocycles. The van der Waals surface area contributed by atoms with Crippen molar-refractivity contribution in [1.29, 1.82) is 0 Å². The summed E-state index contributed by atoms with van der Waals surface area (Å²) < 4.78 is 0. The highest BCUT2D eigenvalue weighted by molar-refractivity contribution is 5.83. The number of hydrogen-bond donors (Lipinski definition) is 4. The van der Waals surface area contributed by atoms with Gasteiger partial charge in [0.15, 0.2) is 0 Å². The molecule has 1 unspecified atom stereocenters. The number of nitrogens with zero attached hydrogens (tertiary/aromatic N) is 1. The molecule has 1 saturated heterocycles. The Hall–Kier alpha value is -1.34. The van der Waals surface area contributed by atoms with E-state index < -0.39 is 12.0 Å². The normalized spacial score (nSPS) is 21.7. The van der Waals surface area contributed by atoms with Crippen molar-refractivity contribution in [2.45, 2.75) is 18.9 Å². The molecule has 0 radical (unpaired) electrons. The van der Waals surface area contributed by atoms with E-state index in [4.69, 9.17) is 5.11 Å². The smallest absolute Gasteiger partial charge is 0.326 e. The first-order valence-corrected chi connectivity index (χ1v) is 6.87. The van der Waals surface area contributed by atoms with Gasteiger partial charge in [0.25, 0.3) is 0 Å². The van der Waals surface area contributed by atoms with Crippen molar-refractivity contribution in [3.63, 3.8) is 0 Å². The van der Waals surface area contributed by atoms with E-state index in [1.54, 1.807) is 0 Å². The van der Waals surface area contributed by atoms with E-state index in [0.29, 0.717) is 6.54 Å². The summed E-state index contributed by atoms with van der Waals surface area (Å²) in [7, 11) is 0. The summed E-state index contributed by atoms with van der Waals surface area (Å²) >= 11 is 0. The molecule has 19 heavy (non-hydrogen) atoms. The molecule has 1 atom stereocenters. The molecule has 4 N–H and O–H groups in total. The lowest BCUT2D eigenvalue weighted by Crippen LogP contribution is -2.50. The SMILES string of the molecule is O=C(NCCN1CCNCC1)NC(C(=O)O)C1CC1. The predicted octanol–water partition coefficient (Wildman–Crippen LogP) is -0.946. The summed E-state index contributed by atoms with van der Waals surface area (Å²) in [4.78, 5) is 24.9. The van der Waals surface area contributed by atoms with Crippen molar-refractivity contribution in [3.8, 4) is 0 Å². The number of carbonyl (C=O) groups excluding carboxylic acids is 1. The molecule has 0 bridgehead atoms. The van der Waals surface area contributed by atoms with Crippen molar-refractivity contribution in [3.05, 3.63) is 0 Å². The first-order chi connectivity index (χ1) is 9.16. The third-order valence-corrected chi connectivity index (χ3v) is 3.57. The Bertz CT molecular complexity index is 327. The van der Waals surface area contributed by atoms with Crippen LogP contribution in [0, 0.1) is 5.92 Å². The minimum Gasteiger partial charge on any atom is -0.480 e. The van der Waals surface area contributed by atoms with Crippen LogP contribution in [0.1, 0.15) is 12.8 Å². The van der Waals surface area contributed by atoms with E-state index in [9.17, 15) is 9.59 Å². The van der Waals surface area contributed by atoms with Gasteiger partial charge in [-0.05, 0) is 18.8 Å². The van der Waals surface area contributed by atoms with Crippen LogP contribution in [0.2, 0.25) is 0 Å². The predicted molar refractivity (Wildman–Crippen MR) is 70.0 cm³/mol. The summed E-state index contributed by atoms with van der Waals surface area (Å²) in [6, 6.07) is -1.12. The van der Waals surface area contributed by atoms with E-state index >= 15 is 0 Å². The average Bonchev–Trinajstić information content (AvgIpc) is 3.21. The van der Waals surface area contributed by atoms with E-state index in [1.165, 1.54) is 0 Å². The van der Waals surface area contributed by atoms with Crippen LogP contribution in [-0.2, 0) is 4.79 Å². The number of carboxylic acids is 1. The molecule has 1 aliphatic carbocycles. The summed E-state index contributed by atoms with van der Waals surface area (Å²) in [5.41, 5.74) is 0. The molecule has 7 nitrogen and oxygen atoms in total. The lowest BCUT2D eigenvalue weighted by molar-refractivity contribution is -0.139. The molecule has 2 aliphatic rings. The Labute approximate surface area is 112 Å². The van der Waals surface area contributed by atoms with Crippen LogP contribution < -0.4 is 16.0 Å². The molecule has 0 spiro atoms. The van der Waals surface area contributed by atoms with Crippen LogP contribution in [-0.4, -0.2) is 67.3 Å². The summed E-state index contributed by atoms with van der Waals surface area (Å²) in [5.74, 6) is -0.837. The van der Waals surface area contributed by atoms with E-state index in [1.807, 2.05) is 0 Å². The van der Waals surface area contributed by atoms with Crippen molar-refractivity contribution >= 4 is 12.0 Å². The summed E-state index contributed by atoms with van der Waals surface area (Å²) in [6.45, 7) is 5.29. The van der Waals surface area contributed by atoms with Crippen molar-refractivity contribution in [1.82, 2.24) is 20.9 Å². The van der Waals surface area contributed by atoms with Gasteiger partial charge in [-0.2, -0.15) is 0 Å². The minimum atomic E-state index is -0.945. The first-order valence-electron chi connectivity index (χ1n) is 6.87. The number of nitrogens with one attached hydrogen (secondary N) is 3. The van der Waals surface area contributed by atoms with Gasteiger partial charge < -0.3 is 21.1 Å². The third-order valence-electron chi connectivity index (χ3n) is 3.57. The van der Waals surface area contributed by atoms with Crippen LogP contribution >= 0.6 is 0 Å². The fourth-order valence-electron chi connectivity index (χ4n) is 2.27. The van der Waals surface area contributed by atoms with Gasteiger partial charge in [-0.15, -0.1) is 0 Å². The maximum atomic E-state index is 11.6. The quantitative estimate of drug-likeness (QED) is 0.499. The molecule has 0 aromatic carbocycles. The number of hydrogen-bond acceptors (Lipinski definition) is 4. The lowest BCUT2D eigenvalue weighted by atomic mass is 10.2. The van der Waals surface area contributed by atoms with Crippen LogP contribution in [0.15, 0.2) is 0 Å². The number of piperazine rings is 1. The summed E-state index contributed by atoms with van der Waals surface area (Å²) in [5, 5.41) is 17.5. The Morgan fingerprint density at radius 2 is 2.00 bits per heavy atom. The van der Waals surface area contributed by atoms with E-state index in [0.717, 1.165) is 45.6 Å². The molecule has 2 fully saturated rings. The van der Waals surface area contributed by atoms with Crippen molar-refractivity contribution in [2.75, 3.05) is 39.3 Å². The zero-order valence-corrected chi connectivity index (χ0v) is 11.0. The summed E-state index contributed by atoms with van der Waals surface area (Å²) in [6.07, 6.45) is 1.77. The maximum Gasteiger partial charge on any atom is 0.326 e. The number of urea groups is 1. The standard InChI is InChI=1S/C12H22N4O3/c17-11(18)10(9-1-2-9)15-12(19)14-5-8-16-6-3-13-4-7-16/h9-10,13H,1-8H2,(H,17,18)(H2,14,15,19). The zero-order chi connectivity index (χ0) is 13.7.